The molecule has 0 bridgehead atoms. The minimum atomic E-state index is -1.12. The van der Waals surface area contributed by atoms with Gasteiger partial charge in [0, 0.05) is 34.5 Å². The van der Waals surface area contributed by atoms with Crippen molar-refractivity contribution >= 4 is 46.0 Å². The highest BCUT2D eigenvalue weighted by Crippen LogP contribution is 2.52. The van der Waals surface area contributed by atoms with E-state index in [2.05, 4.69) is 10.3 Å². The summed E-state index contributed by atoms with van der Waals surface area (Å²) < 4.78 is 0. The number of anilines is 1. The summed E-state index contributed by atoms with van der Waals surface area (Å²) in [7, 11) is 0. The van der Waals surface area contributed by atoms with Crippen LogP contribution in [0.3, 0.4) is 0 Å². The van der Waals surface area contributed by atoms with Crippen LogP contribution in [0.4, 0.5) is 5.13 Å². The molecule has 2 amide bonds. The van der Waals surface area contributed by atoms with Crippen molar-refractivity contribution in [3.63, 3.8) is 0 Å². The quantitative estimate of drug-likeness (QED) is 0.357. The van der Waals surface area contributed by atoms with Crippen LogP contribution in [-0.4, -0.2) is 86.1 Å². The van der Waals surface area contributed by atoms with E-state index in [1.165, 1.54) is 28.0 Å². The number of nitrogens with zero attached hydrogens (tertiary/aromatic N) is 3. The highest BCUT2D eigenvalue weighted by Gasteiger charge is 2.60. The van der Waals surface area contributed by atoms with Crippen LogP contribution >= 0.6 is 23.1 Å². The van der Waals surface area contributed by atoms with Crippen molar-refractivity contribution in [2.45, 2.75) is 51.1 Å². The molecule has 34 heavy (non-hydrogen) atoms. The van der Waals surface area contributed by atoms with Crippen LogP contribution in [0.25, 0.3) is 0 Å². The summed E-state index contributed by atoms with van der Waals surface area (Å²) in [5, 5.41) is 34.5. The normalized spacial score (nSPS) is 26.3. The van der Waals surface area contributed by atoms with Crippen LogP contribution in [0, 0.1) is 17.8 Å². The van der Waals surface area contributed by atoms with Crippen molar-refractivity contribution in [2.75, 3.05) is 24.6 Å². The van der Waals surface area contributed by atoms with Crippen LogP contribution in [0.5, 0.6) is 0 Å². The fraction of sp³-hybridized carbons (Fsp3) is 0.636. The number of amides is 2. The Balaban J connectivity index is 1.38. The first-order valence-electron chi connectivity index (χ1n) is 11.3. The van der Waals surface area contributed by atoms with Gasteiger partial charge in [0.05, 0.1) is 30.7 Å². The minimum Gasteiger partial charge on any atom is -0.477 e. The van der Waals surface area contributed by atoms with Gasteiger partial charge in [-0.2, -0.15) is 0 Å². The molecule has 1 aromatic rings. The number of nitrogens with one attached hydrogen (secondary N) is 1. The lowest BCUT2D eigenvalue weighted by Crippen LogP contribution is -2.63. The largest absolute Gasteiger partial charge is 0.477 e. The van der Waals surface area contributed by atoms with Crippen LogP contribution in [0.2, 0.25) is 0 Å². The maximum atomic E-state index is 12.5. The zero-order valence-electron chi connectivity index (χ0n) is 19.5. The third-order valence-corrected chi connectivity index (χ3v) is 9.12. The molecule has 4 N–H and O–H groups in total. The van der Waals surface area contributed by atoms with Gasteiger partial charge in [-0.25, -0.2) is 9.78 Å². The molecule has 186 valence electrons. The molecule has 2 fully saturated rings. The summed E-state index contributed by atoms with van der Waals surface area (Å²) in [6, 6.07) is -0.648. The fourth-order valence-electron chi connectivity index (χ4n) is 4.71. The van der Waals surface area contributed by atoms with E-state index in [1.54, 1.807) is 12.3 Å². The first-order chi connectivity index (χ1) is 16.0. The van der Waals surface area contributed by atoms with E-state index in [9.17, 15) is 29.7 Å². The second-order valence-corrected chi connectivity index (χ2v) is 11.6. The molecule has 1 aromatic heterocycles. The van der Waals surface area contributed by atoms with Crippen LogP contribution in [0.1, 0.15) is 38.2 Å². The van der Waals surface area contributed by atoms with E-state index in [-0.39, 0.29) is 53.3 Å². The fourth-order valence-corrected chi connectivity index (χ4v) is 7.05. The molecule has 2 saturated heterocycles. The number of carbonyl (C=O) groups excluding carboxylic acids is 2. The van der Waals surface area contributed by atoms with Gasteiger partial charge in [0.15, 0.2) is 5.13 Å². The van der Waals surface area contributed by atoms with E-state index in [4.69, 9.17) is 0 Å². The van der Waals surface area contributed by atoms with Crippen molar-refractivity contribution in [2.24, 2.45) is 17.8 Å². The molecule has 3 aliphatic rings. The predicted molar refractivity (Wildman–Crippen MR) is 129 cm³/mol. The first-order valence-corrected chi connectivity index (χ1v) is 13.1. The van der Waals surface area contributed by atoms with Gasteiger partial charge in [-0.3, -0.25) is 9.59 Å². The van der Waals surface area contributed by atoms with E-state index in [0.29, 0.717) is 28.8 Å². The highest BCUT2D eigenvalue weighted by molar-refractivity contribution is 8.03. The SMILES string of the molecule is CC(C)[C@@H](CO)NC(=O)c1csc(N2CC(SC3=C(C(=O)O)N4C(=O)C([C@@H](C)O)C4[C@H]3C)C2)n1. The highest BCUT2D eigenvalue weighted by atomic mass is 32.2. The molecular weight excluding hydrogens is 480 g/mol. The van der Waals surface area contributed by atoms with E-state index in [0.717, 1.165) is 0 Å². The molecule has 4 rings (SSSR count). The van der Waals surface area contributed by atoms with Crippen molar-refractivity contribution < 1.29 is 29.7 Å². The molecule has 0 spiro atoms. The molecule has 0 radical (unpaired) electrons. The first kappa shape index (κ1) is 25.0. The number of hydrogen-bond donors (Lipinski definition) is 4. The van der Waals surface area contributed by atoms with Gasteiger partial charge in [0.25, 0.3) is 5.91 Å². The number of aromatic nitrogens is 1. The molecule has 0 aromatic carbocycles. The van der Waals surface area contributed by atoms with Gasteiger partial charge in [-0.15, -0.1) is 23.1 Å². The number of hydrogen-bond acceptors (Lipinski definition) is 9. The average Bonchev–Trinajstić information content (AvgIpc) is 3.30. The Bertz CT molecular complexity index is 1020. The maximum absolute atomic E-state index is 12.5. The molecule has 0 aliphatic carbocycles. The number of thioether (sulfide) groups is 1. The molecule has 2 unspecified atom stereocenters. The second kappa shape index (κ2) is 9.48. The van der Waals surface area contributed by atoms with E-state index < -0.39 is 18.0 Å². The lowest BCUT2D eigenvalue weighted by Gasteiger charge is -2.46. The van der Waals surface area contributed by atoms with Gasteiger partial charge in [0.1, 0.15) is 11.4 Å². The summed E-state index contributed by atoms with van der Waals surface area (Å²) in [5.74, 6) is -2.40. The molecule has 12 heteroatoms. The number of carbonyl (C=O) groups is 3. The minimum absolute atomic E-state index is 0.0413. The maximum Gasteiger partial charge on any atom is 0.353 e. The second-order valence-electron chi connectivity index (χ2n) is 9.44. The third kappa shape index (κ3) is 4.21. The number of thiazole rings is 1. The van der Waals surface area contributed by atoms with Gasteiger partial charge in [0.2, 0.25) is 5.91 Å². The summed E-state index contributed by atoms with van der Waals surface area (Å²) in [6.45, 7) is 8.47. The summed E-state index contributed by atoms with van der Waals surface area (Å²) in [4.78, 5) is 45.4. The Hall–Kier alpha value is -2.15. The van der Waals surface area contributed by atoms with Crippen LogP contribution < -0.4 is 10.2 Å². The topological polar surface area (TPSA) is 143 Å². The Labute approximate surface area is 206 Å². The zero-order chi connectivity index (χ0) is 24.9. The summed E-state index contributed by atoms with van der Waals surface area (Å²) in [5.41, 5.74) is 0.349. The number of aliphatic hydroxyl groups is 2. The van der Waals surface area contributed by atoms with Crippen molar-refractivity contribution in [1.29, 1.82) is 0 Å². The number of β-lactam (4-membered cyclic amide) rings is 1. The lowest BCUT2D eigenvalue weighted by molar-refractivity contribution is -0.163. The van der Waals surface area contributed by atoms with Gasteiger partial charge in [-0.1, -0.05) is 20.8 Å². The average molecular weight is 511 g/mol. The molecule has 5 atom stereocenters. The number of fused-ring (bicyclic) bond motifs is 1. The van der Waals surface area contributed by atoms with Crippen molar-refractivity contribution in [3.8, 4) is 0 Å². The standard InChI is InChI=1S/C22H30N4O6S2/c1-9(2)13(7-27)23-19(29)14-8-33-22(24-14)25-5-12(6-25)34-18-10(3)16-15(11(4)28)20(30)26(16)17(18)21(31)32/h8-13,15-16,27-28H,5-7H2,1-4H3,(H,23,29)(H,31,32)/t10-,11-,13-,15?,16?/m1/s1. The summed E-state index contributed by atoms with van der Waals surface area (Å²) in [6.07, 6.45) is -0.820. The van der Waals surface area contributed by atoms with Gasteiger partial charge >= 0.3 is 5.97 Å². The zero-order valence-corrected chi connectivity index (χ0v) is 21.1. The van der Waals surface area contributed by atoms with Crippen LogP contribution in [-0.2, 0) is 9.59 Å². The Kier molecular flexibility index (Phi) is 6.96. The van der Waals surface area contributed by atoms with Crippen LogP contribution in [0.15, 0.2) is 16.0 Å². The van der Waals surface area contributed by atoms with Gasteiger partial charge in [-0.05, 0) is 12.8 Å². The number of aliphatic carboxylic acids is 1. The summed E-state index contributed by atoms with van der Waals surface area (Å²) >= 11 is 2.84. The van der Waals surface area contributed by atoms with Gasteiger partial charge < -0.3 is 30.4 Å². The van der Waals surface area contributed by atoms with Crippen molar-refractivity contribution in [1.82, 2.24) is 15.2 Å². The third-order valence-electron chi connectivity index (χ3n) is 6.77. The van der Waals surface area contributed by atoms with Crippen molar-refractivity contribution in [3.05, 3.63) is 21.7 Å². The Morgan fingerprint density at radius 2 is 2.00 bits per heavy atom. The monoisotopic (exact) mass is 510 g/mol. The predicted octanol–water partition coefficient (Wildman–Crippen LogP) is 0.965. The number of carboxylic acid groups (broad SMARTS) is 1. The molecule has 10 nitrogen and oxygen atoms in total. The Morgan fingerprint density at radius 1 is 1.32 bits per heavy atom. The van der Waals surface area contributed by atoms with E-state index in [1.807, 2.05) is 25.7 Å². The lowest BCUT2D eigenvalue weighted by atomic mass is 9.79. The number of rotatable bonds is 9. The number of aliphatic hydroxyl groups excluding tert-OH is 2. The smallest absolute Gasteiger partial charge is 0.353 e. The molecule has 4 heterocycles. The molecular formula is C22H30N4O6S2. The van der Waals surface area contributed by atoms with E-state index >= 15 is 0 Å². The number of carboxylic acids is 1. The molecule has 3 aliphatic heterocycles. The Morgan fingerprint density at radius 3 is 2.56 bits per heavy atom. The molecule has 0 saturated carbocycles.